The van der Waals surface area contributed by atoms with Crippen molar-refractivity contribution in [2.75, 3.05) is 126 Å². The number of hydrogen-bond acceptors (Lipinski definition) is 11. The SMILES string of the molecule is COCCOCCOCCOCCOCCOCCOCCOCCOCCOc1ccc(C=O)cc1. The van der Waals surface area contributed by atoms with E-state index in [-0.39, 0.29) is 0 Å². The van der Waals surface area contributed by atoms with E-state index in [1.165, 1.54) is 0 Å². The van der Waals surface area contributed by atoms with Crippen LogP contribution in [0, 0.1) is 0 Å². The van der Waals surface area contributed by atoms with Gasteiger partial charge < -0.3 is 47.4 Å². The number of benzene rings is 1. The summed E-state index contributed by atoms with van der Waals surface area (Å²) >= 11 is 0. The second kappa shape index (κ2) is 27.4. The Morgan fingerprint density at radius 3 is 1.05 bits per heavy atom. The smallest absolute Gasteiger partial charge is 0.150 e. The molecule has 0 unspecified atom stereocenters. The van der Waals surface area contributed by atoms with Gasteiger partial charge in [-0.15, -0.1) is 0 Å². The third-order valence-electron chi connectivity index (χ3n) is 4.55. The molecule has 0 N–H and O–H groups in total. The molecule has 0 aliphatic heterocycles. The summed E-state index contributed by atoms with van der Waals surface area (Å²) in [7, 11) is 1.64. The standard InChI is InChI=1S/C26H44O11/c1-28-6-7-29-8-9-30-10-11-31-12-13-32-14-15-33-16-17-34-18-19-35-20-21-36-22-23-37-26-4-2-25(24-27)3-5-26/h2-5,24H,6-23H2,1H3. The summed E-state index contributed by atoms with van der Waals surface area (Å²) in [6.45, 7) is 9.30. The van der Waals surface area contributed by atoms with Gasteiger partial charge in [-0.25, -0.2) is 0 Å². The van der Waals surface area contributed by atoms with Gasteiger partial charge in [-0.05, 0) is 24.3 Å². The number of methoxy groups -OCH3 is 1. The summed E-state index contributed by atoms with van der Waals surface area (Å²) in [6.07, 6.45) is 0.798. The molecule has 11 heteroatoms. The van der Waals surface area contributed by atoms with E-state index in [0.717, 1.165) is 6.29 Å². The van der Waals surface area contributed by atoms with E-state index in [0.29, 0.717) is 130 Å². The summed E-state index contributed by atoms with van der Waals surface area (Å²) in [4.78, 5) is 10.6. The maximum atomic E-state index is 10.6. The van der Waals surface area contributed by atoms with Gasteiger partial charge in [0.1, 0.15) is 18.6 Å². The van der Waals surface area contributed by atoms with Crippen LogP contribution in [-0.2, 0) is 42.6 Å². The molecule has 0 saturated carbocycles. The maximum Gasteiger partial charge on any atom is 0.150 e. The topological polar surface area (TPSA) is 109 Å². The maximum absolute atomic E-state index is 10.6. The average molecular weight is 533 g/mol. The Morgan fingerprint density at radius 1 is 0.459 bits per heavy atom. The highest BCUT2D eigenvalue weighted by molar-refractivity contribution is 5.74. The van der Waals surface area contributed by atoms with Crippen molar-refractivity contribution in [3.8, 4) is 5.75 Å². The second-order valence-electron chi connectivity index (χ2n) is 7.43. The van der Waals surface area contributed by atoms with E-state index in [2.05, 4.69) is 0 Å². The molecule has 1 aromatic carbocycles. The Bertz CT molecular complexity index is 601. The lowest BCUT2D eigenvalue weighted by Crippen LogP contribution is -2.15. The minimum atomic E-state index is 0.435. The number of hydrogen-bond donors (Lipinski definition) is 0. The van der Waals surface area contributed by atoms with Gasteiger partial charge >= 0.3 is 0 Å². The second-order valence-corrected chi connectivity index (χ2v) is 7.43. The summed E-state index contributed by atoms with van der Waals surface area (Å²) in [5.74, 6) is 0.707. The molecule has 214 valence electrons. The predicted molar refractivity (Wildman–Crippen MR) is 136 cm³/mol. The Kier molecular flexibility index (Phi) is 24.7. The van der Waals surface area contributed by atoms with Crippen LogP contribution >= 0.6 is 0 Å². The van der Waals surface area contributed by atoms with E-state index >= 15 is 0 Å². The highest BCUT2D eigenvalue weighted by Gasteiger charge is 1.97. The van der Waals surface area contributed by atoms with E-state index in [1.54, 1.807) is 31.4 Å². The van der Waals surface area contributed by atoms with Crippen molar-refractivity contribution in [3.05, 3.63) is 29.8 Å². The molecule has 0 aliphatic carbocycles. The lowest BCUT2D eigenvalue weighted by atomic mass is 10.2. The third kappa shape index (κ3) is 23.2. The normalized spacial score (nSPS) is 11.2. The van der Waals surface area contributed by atoms with Crippen molar-refractivity contribution in [2.45, 2.75) is 0 Å². The van der Waals surface area contributed by atoms with E-state index < -0.39 is 0 Å². The summed E-state index contributed by atoms with van der Waals surface area (Å²) < 4.78 is 53.7. The van der Waals surface area contributed by atoms with Gasteiger partial charge in [-0.1, -0.05) is 0 Å². The van der Waals surface area contributed by atoms with Gasteiger partial charge in [0.2, 0.25) is 0 Å². The first-order chi connectivity index (χ1) is 18.4. The van der Waals surface area contributed by atoms with Crippen molar-refractivity contribution >= 4 is 6.29 Å². The summed E-state index contributed by atoms with van der Waals surface area (Å²) in [5, 5.41) is 0. The number of carbonyl (C=O) groups is 1. The molecule has 0 aliphatic rings. The van der Waals surface area contributed by atoms with Crippen LogP contribution in [0.15, 0.2) is 24.3 Å². The van der Waals surface area contributed by atoms with Crippen molar-refractivity contribution in [3.63, 3.8) is 0 Å². The van der Waals surface area contributed by atoms with Crippen molar-refractivity contribution in [2.24, 2.45) is 0 Å². The van der Waals surface area contributed by atoms with Crippen LogP contribution in [0.25, 0.3) is 0 Å². The van der Waals surface area contributed by atoms with Crippen molar-refractivity contribution in [1.82, 2.24) is 0 Å². The van der Waals surface area contributed by atoms with Crippen LogP contribution in [0.2, 0.25) is 0 Å². The fourth-order valence-electron chi connectivity index (χ4n) is 2.64. The van der Waals surface area contributed by atoms with Crippen LogP contribution in [-0.4, -0.2) is 132 Å². The first-order valence-corrected chi connectivity index (χ1v) is 12.7. The van der Waals surface area contributed by atoms with Crippen LogP contribution in [0.3, 0.4) is 0 Å². The zero-order valence-electron chi connectivity index (χ0n) is 22.1. The van der Waals surface area contributed by atoms with E-state index in [9.17, 15) is 4.79 Å². The Morgan fingerprint density at radius 2 is 0.757 bits per heavy atom. The number of aldehydes is 1. The van der Waals surface area contributed by atoms with Crippen molar-refractivity contribution in [1.29, 1.82) is 0 Å². The van der Waals surface area contributed by atoms with Gasteiger partial charge in [0.05, 0.1) is 112 Å². The molecule has 0 spiro atoms. The molecule has 0 heterocycles. The Labute approximate surface area is 220 Å². The lowest BCUT2D eigenvalue weighted by molar-refractivity contribution is -0.0247. The molecule has 0 atom stereocenters. The van der Waals surface area contributed by atoms with Gasteiger partial charge in [0.25, 0.3) is 0 Å². The Balaban J connectivity index is 1.67. The molecule has 1 aromatic rings. The van der Waals surface area contributed by atoms with Crippen LogP contribution in [0.1, 0.15) is 10.4 Å². The lowest BCUT2D eigenvalue weighted by Gasteiger charge is -2.09. The fourth-order valence-corrected chi connectivity index (χ4v) is 2.64. The fraction of sp³-hybridized carbons (Fsp3) is 0.731. The first kappa shape index (κ1) is 33.4. The largest absolute Gasteiger partial charge is 0.491 e. The number of rotatable bonds is 29. The third-order valence-corrected chi connectivity index (χ3v) is 4.55. The average Bonchev–Trinajstić information content (AvgIpc) is 2.93. The zero-order valence-corrected chi connectivity index (χ0v) is 22.1. The van der Waals surface area contributed by atoms with Crippen molar-refractivity contribution < 1.29 is 52.2 Å². The molecule has 0 bridgehead atoms. The van der Waals surface area contributed by atoms with Gasteiger partial charge in [-0.2, -0.15) is 0 Å². The Hall–Kier alpha value is -1.67. The molecule has 11 nitrogen and oxygen atoms in total. The molecule has 1 rings (SSSR count). The summed E-state index contributed by atoms with van der Waals surface area (Å²) in [5.41, 5.74) is 0.620. The van der Waals surface area contributed by atoms with Gasteiger partial charge in [0.15, 0.2) is 0 Å². The van der Waals surface area contributed by atoms with Crippen LogP contribution in [0.5, 0.6) is 5.75 Å². The zero-order chi connectivity index (χ0) is 26.5. The quantitative estimate of drug-likeness (QED) is 0.111. The molecule has 0 fully saturated rings. The van der Waals surface area contributed by atoms with Gasteiger partial charge in [0, 0.05) is 12.7 Å². The highest BCUT2D eigenvalue weighted by Crippen LogP contribution is 2.10. The molecular weight excluding hydrogens is 488 g/mol. The molecule has 0 saturated heterocycles. The highest BCUT2D eigenvalue weighted by atomic mass is 16.6. The van der Waals surface area contributed by atoms with Crippen LogP contribution < -0.4 is 4.74 Å². The van der Waals surface area contributed by atoms with E-state index in [1.807, 2.05) is 0 Å². The molecular formula is C26H44O11. The first-order valence-electron chi connectivity index (χ1n) is 12.7. The number of ether oxygens (including phenoxy) is 10. The van der Waals surface area contributed by atoms with Crippen LogP contribution in [0.4, 0.5) is 0 Å². The van der Waals surface area contributed by atoms with E-state index in [4.69, 9.17) is 47.4 Å². The molecule has 37 heavy (non-hydrogen) atoms. The van der Waals surface area contributed by atoms with Gasteiger partial charge in [-0.3, -0.25) is 4.79 Å². The molecule has 0 radical (unpaired) electrons. The molecule has 0 amide bonds. The predicted octanol–water partition coefficient (Wildman–Crippen LogP) is 1.66. The minimum Gasteiger partial charge on any atom is -0.491 e. The molecule has 0 aromatic heterocycles. The summed E-state index contributed by atoms with van der Waals surface area (Å²) in [6, 6.07) is 6.94. The monoisotopic (exact) mass is 532 g/mol. The number of carbonyl (C=O) groups excluding carboxylic acids is 1. The minimum absolute atomic E-state index is 0.435.